The molecule has 0 unspecified atom stereocenters. The van der Waals surface area contributed by atoms with Crippen molar-refractivity contribution in [3.05, 3.63) is 81.2 Å². The minimum Gasteiger partial charge on any atom is -0.322 e. The van der Waals surface area contributed by atoms with E-state index in [1.165, 1.54) is 16.9 Å². The number of fused-ring (bicyclic) bond motifs is 1. The number of nitrogens with one attached hydrogen (secondary N) is 1. The first-order valence-electron chi connectivity index (χ1n) is 8.21. The molecule has 27 heavy (non-hydrogen) atoms. The lowest BCUT2D eigenvalue weighted by molar-refractivity contribution is 0.102. The number of hydrogen-bond acceptors (Lipinski definition) is 3. The van der Waals surface area contributed by atoms with Gasteiger partial charge in [-0.25, -0.2) is 4.39 Å². The van der Waals surface area contributed by atoms with Crippen LogP contribution in [0.15, 0.2) is 60.7 Å². The lowest BCUT2D eigenvalue weighted by Crippen LogP contribution is -2.14. The van der Waals surface area contributed by atoms with Gasteiger partial charge in [0, 0.05) is 9.26 Å². The Hall–Kier alpha value is -2.81. The van der Waals surface area contributed by atoms with Crippen LogP contribution in [0.2, 0.25) is 0 Å². The van der Waals surface area contributed by atoms with Crippen LogP contribution in [0.4, 0.5) is 10.1 Å². The number of nitrogens with zero attached hydrogens (tertiary/aromatic N) is 3. The third kappa shape index (κ3) is 3.55. The van der Waals surface area contributed by atoms with Gasteiger partial charge in [-0.3, -0.25) is 4.79 Å². The van der Waals surface area contributed by atoms with Crippen molar-refractivity contribution in [3.8, 4) is 5.69 Å². The van der Waals surface area contributed by atoms with Crippen molar-refractivity contribution in [2.24, 2.45) is 0 Å². The summed E-state index contributed by atoms with van der Waals surface area (Å²) in [5, 5.41) is 11.8. The summed E-state index contributed by atoms with van der Waals surface area (Å²) < 4.78 is 14.0. The van der Waals surface area contributed by atoms with Gasteiger partial charge >= 0.3 is 0 Å². The lowest BCUT2D eigenvalue weighted by Gasteiger charge is -2.09. The number of aromatic nitrogens is 3. The van der Waals surface area contributed by atoms with Crippen molar-refractivity contribution in [3.63, 3.8) is 0 Å². The van der Waals surface area contributed by atoms with Crippen LogP contribution < -0.4 is 5.32 Å². The minimum atomic E-state index is -0.313. The number of aryl methyl sites for hydroxylation is 1. The average molecular weight is 472 g/mol. The van der Waals surface area contributed by atoms with Crippen molar-refractivity contribution in [1.82, 2.24) is 15.0 Å². The summed E-state index contributed by atoms with van der Waals surface area (Å²) in [6, 6.07) is 17.0. The van der Waals surface area contributed by atoms with Gasteiger partial charge in [-0.05, 0) is 83.6 Å². The van der Waals surface area contributed by atoms with E-state index in [1.807, 2.05) is 31.2 Å². The molecule has 1 aromatic heterocycles. The fourth-order valence-corrected chi connectivity index (χ4v) is 3.36. The lowest BCUT2D eigenvalue weighted by atomic mass is 10.1. The van der Waals surface area contributed by atoms with Crippen LogP contribution in [0, 0.1) is 16.3 Å². The molecule has 1 N–H and O–H groups in total. The molecule has 0 aliphatic carbocycles. The first-order chi connectivity index (χ1) is 13.0. The monoisotopic (exact) mass is 472 g/mol. The summed E-state index contributed by atoms with van der Waals surface area (Å²) in [5.41, 5.74) is 4.18. The second kappa shape index (κ2) is 7.07. The Morgan fingerprint density at radius 3 is 2.41 bits per heavy atom. The number of carbonyl (C=O) groups excluding carboxylic acids is 1. The molecule has 7 heteroatoms. The molecule has 0 saturated carbocycles. The van der Waals surface area contributed by atoms with E-state index in [4.69, 9.17) is 0 Å². The highest BCUT2D eigenvalue weighted by molar-refractivity contribution is 14.1. The van der Waals surface area contributed by atoms with Gasteiger partial charge in [-0.1, -0.05) is 12.1 Å². The van der Waals surface area contributed by atoms with Crippen LogP contribution in [0.5, 0.6) is 0 Å². The zero-order chi connectivity index (χ0) is 19.0. The number of benzene rings is 3. The molecule has 0 bridgehead atoms. The summed E-state index contributed by atoms with van der Waals surface area (Å²) in [4.78, 5) is 14.0. The number of anilines is 1. The summed E-state index contributed by atoms with van der Waals surface area (Å²) in [7, 11) is 0. The van der Waals surface area contributed by atoms with Gasteiger partial charge < -0.3 is 5.32 Å². The summed E-state index contributed by atoms with van der Waals surface area (Å²) in [6.07, 6.45) is 0. The Bertz CT molecular complexity index is 1150. The third-order valence-corrected chi connectivity index (χ3v) is 5.09. The normalized spacial score (nSPS) is 10.9. The standard InChI is InChI=1S/C20H14FIN4O/c1-12-10-18-19(25-26(24-18)14-8-6-13(21)7-9-14)11-17(12)23-20(27)15-4-2-3-5-16(15)22/h2-11H,1H3,(H,23,27). The molecule has 1 heterocycles. The first kappa shape index (κ1) is 17.6. The Labute approximate surface area is 168 Å². The van der Waals surface area contributed by atoms with E-state index in [2.05, 4.69) is 38.1 Å². The van der Waals surface area contributed by atoms with Crippen LogP contribution in [0.3, 0.4) is 0 Å². The van der Waals surface area contributed by atoms with Crippen LogP contribution >= 0.6 is 22.6 Å². The van der Waals surface area contributed by atoms with Gasteiger partial charge in [0.15, 0.2) is 0 Å². The number of rotatable bonds is 3. The average Bonchev–Trinajstić information content (AvgIpc) is 3.05. The molecule has 1 amide bonds. The maximum Gasteiger partial charge on any atom is 0.256 e. The number of carbonyl (C=O) groups is 1. The second-order valence-corrected chi connectivity index (χ2v) is 7.22. The Balaban J connectivity index is 1.68. The predicted molar refractivity (Wildman–Crippen MR) is 111 cm³/mol. The zero-order valence-electron chi connectivity index (χ0n) is 14.3. The van der Waals surface area contributed by atoms with Gasteiger partial charge in [0.1, 0.15) is 16.9 Å². The van der Waals surface area contributed by atoms with E-state index in [0.717, 1.165) is 9.13 Å². The SMILES string of the molecule is Cc1cc2nn(-c3ccc(F)cc3)nc2cc1NC(=O)c1ccccc1I. The smallest absolute Gasteiger partial charge is 0.256 e. The molecule has 4 rings (SSSR count). The van der Waals surface area contributed by atoms with Crippen molar-refractivity contribution >= 4 is 45.2 Å². The quantitative estimate of drug-likeness (QED) is 0.439. The Morgan fingerprint density at radius 1 is 1.04 bits per heavy atom. The molecular weight excluding hydrogens is 458 g/mol. The fourth-order valence-electron chi connectivity index (χ4n) is 2.73. The largest absolute Gasteiger partial charge is 0.322 e. The minimum absolute atomic E-state index is 0.173. The highest BCUT2D eigenvalue weighted by Gasteiger charge is 2.13. The van der Waals surface area contributed by atoms with E-state index in [9.17, 15) is 9.18 Å². The number of hydrogen-bond donors (Lipinski definition) is 1. The number of amides is 1. The maximum absolute atomic E-state index is 13.1. The van der Waals surface area contributed by atoms with Crippen LogP contribution in [-0.4, -0.2) is 20.9 Å². The molecule has 0 radical (unpaired) electrons. The van der Waals surface area contributed by atoms with Crippen LogP contribution in [0.25, 0.3) is 16.7 Å². The van der Waals surface area contributed by atoms with E-state index >= 15 is 0 Å². The molecule has 5 nitrogen and oxygen atoms in total. The van der Waals surface area contributed by atoms with Crippen molar-refractivity contribution in [2.45, 2.75) is 6.92 Å². The highest BCUT2D eigenvalue weighted by Crippen LogP contribution is 2.23. The van der Waals surface area contributed by atoms with Crippen molar-refractivity contribution in [2.75, 3.05) is 5.32 Å². The predicted octanol–water partition coefficient (Wildman–Crippen LogP) is 4.72. The topological polar surface area (TPSA) is 59.8 Å². The van der Waals surface area contributed by atoms with E-state index in [-0.39, 0.29) is 11.7 Å². The first-order valence-corrected chi connectivity index (χ1v) is 9.29. The zero-order valence-corrected chi connectivity index (χ0v) is 16.4. The Morgan fingerprint density at radius 2 is 1.70 bits per heavy atom. The van der Waals surface area contributed by atoms with Gasteiger partial charge in [0.05, 0.1) is 11.3 Å². The van der Waals surface area contributed by atoms with E-state index < -0.39 is 0 Å². The molecular formula is C20H14FIN4O. The van der Waals surface area contributed by atoms with Gasteiger partial charge in [0.2, 0.25) is 0 Å². The maximum atomic E-state index is 13.1. The molecule has 0 atom stereocenters. The molecule has 4 aromatic rings. The Kier molecular flexibility index (Phi) is 4.61. The summed E-state index contributed by atoms with van der Waals surface area (Å²) in [6.45, 7) is 1.90. The van der Waals surface area contributed by atoms with Gasteiger partial charge in [0.25, 0.3) is 5.91 Å². The fraction of sp³-hybridized carbons (Fsp3) is 0.0500. The van der Waals surface area contributed by atoms with Gasteiger partial charge in [-0.15, -0.1) is 10.2 Å². The summed E-state index contributed by atoms with van der Waals surface area (Å²) in [5.74, 6) is -0.486. The number of halogens is 2. The van der Waals surface area contributed by atoms with E-state index in [1.54, 1.807) is 24.3 Å². The molecule has 0 aliphatic rings. The molecule has 3 aromatic carbocycles. The molecule has 0 saturated heterocycles. The van der Waals surface area contributed by atoms with Crippen LogP contribution in [-0.2, 0) is 0 Å². The summed E-state index contributed by atoms with van der Waals surface area (Å²) >= 11 is 2.14. The van der Waals surface area contributed by atoms with Gasteiger partial charge in [-0.2, -0.15) is 4.80 Å². The molecule has 0 fully saturated rings. The second-order valence-electron chi connectivity index (χ2n) is 6.06. The van der Waals surface area contributed by atoms with E-state index in [0.29, 0.717) is 28.0 Å². The van der Waals surface area contributed by atoms with Crippen molar-refractivity contribution in [1.29, 1.82) is 0 Å². The molecule has 0 aliphatic heterocycles. The third-order valence-electron chi connectivity index (χ3n) is 4.15. The van der Waals surface area contributed by atoms with Crippen LogP contribution in [0.1, 0.15) is 15.9 Å². The molecule has 0 spiro atoms. The highest BCUT2D eigenvalue weighted by atomic mass is 127. The van der Waals surface area contributed by atoms with Crippen molar-refractivity contribution < 1.29 is 9.18 Å². The molecule has 134 valence electrons.